The Kier molecular flexibility index (Phi) is 7.79. The van der Waals surface area contributed by atoms with E-state index in [2.05, 4.69) is 0 Å². The first kappa shape index (κ1) is 22.2. The molecule has 0 aliphatic carbocycles. The third-order valence-electron chi connectivity index (χ3n) is 4.85. The highest BCUT2D eigenvalue weighted by Crippen LogP contribution is 2.27. The number of carbonyl (C=O) groups excluding carboxylic acids is 1. The Bertz CT molecular complexity index is 910. The SMILES string of the molecule is Cc1cc(OCCCOC2CCCCO2)ccc1C(=O)c1ccc([N+](=O)[O-])cc1Cl. The van der Waals surface area contributed by atoms with Crippen molar-refractivity contribution in [1.82, 2.24) is 0 Å². The molecule has 0 spiro atoms. The van der Waals surface area contributed by atoms with E-state index in [0.29, 0.717) is 24.5 Å². The highest BCUT2D eigenvalue weighted by Gasteiger charge is 2.18. The van der Waals surface area contributed by atoms with Gasteiger partial charge in [-0.1, -0.05) is 11.6 Å². The lowest BCUT2D eigenvalue weighted by Crippen LogP contribution is -2.23. The van der Waals surface area contributed by atoms with Crippen LogP contribution in [0.2, 0.25) is 5.02 Å². The van der Waals surface area contributed by atoms with Crippen LogP contribution in [0.5, 0.6) is 5.75 Å². The second kappa shape index (κ2) is 10.5. The lowest BCUT2D eigenvalue weighted by Gasteiger charge is -2.22. The number of ketones is 1. The fourth-order valence-electron chi connectivity index (χ4n) is 3.23. The molecule has 2 aromatic rings. The molecular weight excluding hydrogens is 410 g/mol. The summed E-state index contributed by atoms with van der Waals surface area (Å²) in [5.41, 5.74) is 1.27. The standard InChI is InChI=1S/C22H24ClNO6/c1-15-13-17(28-11-4-12-30-21-5-2-3-10-29-21)7-9-18(15)22(25)19-8-6-16(24(26)27)14-20(19)23/h6-9,13-14,21H,2-5,10-12H2,1H3. The summed E-state index contributed by atoms with van der Waals surface area (Å²) in [6.45, 7) is 3.63. The lowest BCUT2D eigenvalue weighted by molar-refractivity contribution is -0.384. The average molecular weight is 434 g/mol. The van der Waals surface area contributed by atoms with Crippen LogP contribution in [-0.4, -0.2) is 36.8 Å². The van der Waals surface area contributed by atoms with Crippen molar-refractivity contribution in [2.45, 2.75) is 38.9 Å². The number of nitro groups is 1. The molecule has 8 heteroatoms. The molecule has 2 aromatic carbocycles. The summed E-state index contributed by atoms with van der Waals surface area (Å²) in [5.74, 6) is 0.368. The molecule has 0 radical (unpaired) electrons. The zero-order valence-electron chi connectivity index (χ0n) is 16.8. The first-order valence-electron chi connectivity index (χ1n) is 9.91. The summed E-state index contributed by atoms with van der Waals surface area (Å²) < 4.78 is 16.9. The summed E-state index contributed by atoms with van der Waals surface area (Å²) in [4.78, 5) is 23.1. The Morgan fingerprint density at radius 1 is 1.20 bits per heavy atom. The molecule has 160 valence electrons. The molecule has 1 saturated heterocycles. The molecule has 0 amide bonds. The van der Waals surface area contributed by atoms with E-state index in [4.69, 9.17) is 25.8 Å². The monoisotopic (exact) mass is 433 g/mol. The second-order valence-corrected chi connectivity index (χ2v) is 7.50. The number of carbonyl (C=O) groups is 1. The van der Waals surface area contributed by atoms with Gasteiger partial charge >= 0.3 is 0 Å². The van der Waals surface area contributed by atoms with Crippen molar-refractivity contribution in [2.24, 2.45) is 0 Å². The van der Waals surface area contributed by atoms with Gasteiger partial charge in [-0.3, -0.25) is 14.9 Å². The van der Waals surface area contributed by atoms with Crippen LogP contribution in [0.4, 0.5) is 5.69 Å². The molecule has 1 atom stereocenters. The molecule has 7 nitrogen and oxygen atoms in total. The lowest BCUT2D eigenvalue weighted by atomic mass is 9.98. The van der Waals surface area contributed by atoms with Gasteiger partial charge in [-0.25, -0.2) is 0 Å². The Morgan fingerprint density at radius 2 is 2.00 bits per heavy atom. The van der Waals surface area contributed by atoms with Crippen molar-refractivity contribution in [3.05, 3.63) is 68.2 Å². The van der Waals surface area contributed by atoms with Gasteiger partial charge < -0.3 is 14.2 Å². The van der Waals surface area contributed by atoms with Crippen LogP contribution in [0, 0.1) is 17.0 Å². The highest BCUT2D eigenvalue weighted by atomic mass is 35.5. The van der Waals surface area contributed by atoms with Gasteiger partial charge in [0.05, 0.1) is 23.2 Å². The van der Waals surface area contributed by atoms with Gasteiger partial charge in [-0.2, -0.15) is 0 Å². The van der Waals surface area contributed by atoms with Gasteiger partial charge in [-0.15, -0.1) is 0 Å². The number of aryl methyl sites for hydroxylation is 1. The molecule has 0 bridgehead atoms. The summed E-state index contributed by atoms with van der Waals surface area (Å²) in [6.07, 6.45) is 3.80. The molecule has 1 aliphatic rings. The summed E-state index contributed by atoms with van der Waals surface area (Å²) >= 11 is 6.09. The van der Waals surface area contributed by atoms with Crippen LogP contribution in [0.1, 0.15) is 47.2 Å². The Morgan fingerprint density at radius 3 is 2.67 bits per heavy atom. The van der Waals surface area contributed by atoms with Crippen LogP contribution < -0.4 is 4.74 Å². The fourth-order valence-corrected chi connectivity index (χ4v) is 3.49. The molecule has 1 aliphatic heterocycles. The zero-order valence-corrected chi connectivity index (χ0v) is 17.5. The van der Waals surface area contributed by atoms with Gasteiger partial charge in [0.1, 0.15) is 5.75 Å². The maximum absolute atomic E-state index is 12.8. The number of ether oxygens (including phenoxy) is 3. The van der Waals surface area contributed by atoms with E-state index in [9.17, 15) is 14.9 Å². The molecule has 0 saturated carbocycles. The van der Waals surface area contributed by atoms with E-state index in [1.807, 2.05) is 6.92 Å². The smallest absolute Gasteiger partial charge is 0.270 e. The predicted molar refractivity (Wildman–Crippen MR) is 112 cm³/mol. The minimum Gasteiger partial charge on any atom is -0.493 e. The highest BCUT2D eigenvalue weighted by molar-refractivity contribution is 6.35. The van der Waals surface area contributed by atoms with E-state index in [0.717, 1.165) is 37.9 Å². The number of hydrogen-bond acceptors (Lipinski definition) is 6. The van der Waals surface area contributed by atoms with Crippen LogP contribution in [0.15, 0.2) is 36.4 Å². The van der Waals surface area contributed by atoms with Crippen LogP contribution >= 0.6 is 11.6 Å². The molecule has 0 N–H and O–H groups in total. The molecule has 1 heterocycles. The molecular formula is C22H24ClNO6. The number of rotatable bonds is 9. The van der Waals surface area contributed by atoms with Crippen LogP contribution in [0.3, 0.4) is 0 Å². The Labute approximate surface area is 180 Å². The second-order valence-electron chi connectivity index (χ2n) is 7.10. The third-order valence-corrected chi connectivity index (χ3v) is 5.16. The maximum atomic E-state index is 12.8. The topological polar surface area (TPSA) is 87.9 Å². The summed E-state index contributed by atoms with van der Waals surface area (Å²) in [7, 11) is 0. The first-order chi connectivity index (χ1) is 14.5. The maximum Gasteiger partial charge on any atom is 0.270 e. The fraction of sp³-hybridized carbons (Fsp3) is 0.409. The van der Waals surface area contributed by atoms with Crippen molar-refractivity contribution >= 4 is 23.1 Å². The minimum atomic E-state index is -0.551. The molecule has 3 rings (SSSR count). The average Bonchev–Trinajstić information content (AvgIpc) is 2.74. The van der Waals surface area contributed by atoms with E-state index in [1.54, 1.807) is 18.2 Å². The van der Waals surface area contributed by atoms with Crippen molar-refractivity contribution in [2.75, 3.05) is 19.8 Å². The van der Waals surface area contributed by atoms with E-state index >= 15 is 0 Å². The zero-order chi connectivity index (χ0) is 21.5. The van der Waals surface area contributed by atoms with Crippen molar-refractivity contribution in [3.8, 4) is 5.75 Å². The Hall–Kier alpha value is -2.48. The number of benzene rings is 2. The van der Waals surface area contributed by atoms with Crippen molar-refractivity contribution < 1.29 is 23.9 Å². The van der Waals surface area contributed by atoms with Gasteiger partial charge in [0.25, 0.3) is 5.69 Å². The number of hydrogen-bond donors (Lipinski definition) is 0. The predicted octanol–water partition coefficient (Wildman–Crippen LogP) is 5.10. The van der Waals surface area contributed by atoms with E-state index in [1.165, 1.54) is 18.2 Å². The van der Waals surface area contributed by atoms with Gasteiger partial charge in [0.15, 0.2) is 12.1 Å². The molecule has 1 fully saturated rings. The molecule has 1 unspecified atom stereocenters. The largest absolute Gasteiger partial charge is 0.493 e. The molecule has 30 heavy (non-hydrogen) atoms. The van der Waals surface area contributed by atoms with E-state index in [-0.39, 0.29) is 28.3 Å². The summed E-state index contributed by atoms with van der Waals surface area (Å²) in [5, 5.41) is 10.9. The number of halogens is 1. The third kappa shape index (κ3) is 5.78. The van der Waals surface area contributed by atoms with Crippen LogP contribution in [-0.2, 0) is 9.47 Å². The number of nitro benzene ring substituents is 1. The minimum absolute atomic E-state index is 0.0517. The Balaban J connectivity index is 1.54. The van der Waals surface area contributed by atoms with Gasteiger partial charge in [-0.05, 0) is 56.0 Å². The van der Waals surface area contributed by atoms with E-state index < -0.39 is 4.92 Å². The number of nitrogens with zero attached hydrogens (tertiary/aromatic N) is 1. The normalized spacial score (nSPS) is 16.3. The first-order valence-corrected chi connectivity index (χ1v) is 10.3. The van der Waals surface area contributed by atoms with Crippen molar-refractivity contribution in [1.29, 1.82) is 0 Å². The van der Waals surface area contributed by atoms with Gasteiger partial charge in [0, 0.05) is 36.3 Å². The summed E-state index contributed by atoms with van der Waals surface area (Å²) in [6, 6.07) is 9.02. The van der Waals surface area contributed by atoms with Crippen molar-refractivity contribution in [3.63, 3.8) is 0 Å². The number of non-ortho nitro benzene ring substituents is 1. The van der Waals surface area contributed by atoms with Gasteiger partial charge in [0.2, 0.25) is 0 Å². The molecule has 0 aromatic heterocycles. The quantitative estimate of drug-likeness (QED) is 0.236. The van der Waals surface area contributed by atoms with Crippen LogP contribution in [0.25, 0.3) is 0 Å².